The highest BCUT2D eigenvalue weighted by Crippen LogP contribution is 2.08. The molecule has 0 bridgehead atoms. The van der Waals surface area contributed by atoms with Gasteiger partial charge in [-0.2, -0.15) is 0 Å². The molecule has 0 aliphatic heterocycles. The van der Waals surface area contributed by atoms with Gasteiger partial charge in [-0.3, -0.25) is 9.78 Å². The van der Waals surface area contributed by atoms with Crippen molar-refractivity contribution in [3.63, 3.8) is 0 Å². The quantitative estimate of drug-likeness (QED) is 0.740. The number of pyridine rings is 1. The Morgan fingerprint density at radius 3 is 2.81 bits per heavy atom. The van der Waals surface area contributed by atoms with Gasteiger partial charge in [0.05, 0.1) is 12.2 Å². The van der Waals surface area contributed by atoms with Crippen molar-refractivity contribution in [2.24, 2.45) is 5.92 Å². The van der Waals surface area contributed by atoms with Gasteiger partial charge in [-0.25, -0.2) is 0 Å². The zero-order valence-electron chi connectivity index (χ0n) is 9.69. The lowest BCUT2D eigenvalue weighted by Gasteiger charge is -2.23. The average Bonchev–Trinajstić information content (AvgIpc) is 2.35. The normalized spacial score (nSPS) is 12.2. The molecule has 0 saturated carbocycles. The Hall–Kier alpha value is -1.09. The molecule has 1 heterocycles. The van der Waals surface area contributed by atoms with Gasteiger partial charge in [-0.15, -0.1) is 11.6 Å². The number of nitrogens with zero attached hydrogens (tertiary/aromatic N) is 2. The predicted molar refractivity (Wildman–Crippen MR) is 65.2 cm³/mol. The van der Waals surface area contributed by atoms with Crippen LogP contribution in [0.1, 0.15) is 19.5 Å². The lowest BCUT2D eigenvalue weighted by molar-refractivity contribution is -0.134. The fraction of sp³-hybridized carbons (Fsp3) is 0.500. The minimum absolute atomic E-state index is 0.0863. The zero-order chi connectivity index (χ0) is 12.0. The number of aromatic nitrogens is 1. The van der Waals surface area contributed by atoms with Crippen LogP contribution in [0.4, 0.5) is 0 Å². The molecule has 0 aromatic carbocycles. The van der Waals surface area contributed by atoms with Crippen molar-refractivity contribution < 1.29 is 4.79 Å². The van der Waals surface area contributed by atoms with Crippen LogP contribution in [0.3, 0.4) is 0 Å². The van der Waals surface area contributed by atoms with Crippen molar-refractivity contribution in [1.82, 2.24) is 9.88 Å². The van der Waals surface area contributed by atoms with Gasteiger partial charge < -0.3 is 4.90 Å². The molecule has 1 rings (SSSR count). The summed E-state index contributed by atoms with van der Waals surface area (Å²) in [6.07, 6.45) is 1.73. The lowest BCUT2D eigenvalue weighted by Crippen LogP contribution is -2.35. The molecule has 0 fully saturated rings. The Morgan fingerprint density at radius 2 is 2.31 bits per heavy atom. The molecule has 0 spiro atoms. The van der Waals surface area contributed by atoms with Gasteiger partial charge >= 0.3 is 0 Å². The van der Waals surface area contributed by atoms with E-state index in [0.717, 1.165) is 5.69 Å². The number of carbonyl (C=O) groups excluding carboxylic acids is 1. The highest BCUT2D eigenvalue weighted by molar-refractivity contribution is 6.19. The van der Waals surface area contributed by atoms with Gasteiger partial charge in [0.1, 0.15) is 0 Å². The molecular weight excluding hydrogens is 224 g/mol. The molecule has 0 N–H and O–H groups in total. The van der Waals surface area contributed by atoms with Crippen LogP contribution in [0.15, 0.2) is 24.4 Å². The molecule has 3 nitrogen and oxygen atoms in total. The van der Waals surface area contributed by atoms with Crippen molar-refractivity contribution in [1.29, 1.82) is 0 Å². The molecule has 1 aromatic heterocycles. The van der Waals surface area contributed by atoms with Crippen molar-refractivity contribution in [3.05, 3.63) is 30.1 Å². The molecule has 1 atom stereocenters. The summed E-state index contributed by atoms with van der Waals surface area (Å²) in [5.74, 6) is 0.311. The Morgan fingerprint density at radius 1 is 1.56 bits per heavy atom. The third kappa shape index (κ3) is 3.49. The van der Waals surface area contributed by atoms with Gasteiger partial charge in [0.25, 0.3) is 0 Å². The molecule has 1 unspecified atom stereocenters. The van der Waals surface area contributed by atoms with Crippen LogP contribution in [0.5, 0.6) is 0 Å². The first-order valence-electron chi connectivity index (χ1n) is 5.43. The molecule has 4 heteroatoms. The number of halogens is 1. The first-order valence-corrected chi connectivity index (χ1v) is 5.97. The molecule has 1 amide bonds. The maximum atomic E-state index is 11.9. The number of alkyl halides is 1. The van der Waals surface area contributed by atoms with Crippen LogP contribution in [-0.2, 0) is 11.3 Å². The van der Waals surface area contributed by atoms with Gasteiger partial charge in [-0.05, 0) is 19.1 Å². The second kappa shape index (κ2) is 6.48. The predicted octanol–water partition coefficient (Wildman–Crippen LogP) is 2.31. The van der Waals surface area contributed by atoms with Gasteiger partial charge in [-0.1, -0.05) is 13.0 Å². The summed E-state index contributed by atoms with van der Waals surface area (Å²) < 4.78 is 0. The minimum atomic E-state index is -0.134. The summed E-state index contributed by atoms with van der Waals surface area (Å²) in [7, 11) is 0. The number of carbonyl (C=O) groups is 1. The fourth-order valence-corrected chi connectivity index (χ4v) is 1.54. The average molecular weight is 241 g/mol. The first-order chi connectivity index (χ1) is 7.69. The second-order valence-electron chi connectivity index (χ2n) is 3.73. The molecule has 16 heavy (non-hydrogen) atoms. The molecule has 1 aromatic rings. The monoisotopic (exact) mass is 240 g/mol. The summed E-state index contributed by atoms with van der Waals surface area (Å²) in [5, 5.41) is 0. The molecule has 0 saturated heterocycles. The van der Waals surface area contributed by atoms with E-state index in [1.807, 2.05) is 32.0 Å². The summed E-state index contributed by atoms with van der Waals surface area (Å²) >= 11 is 5.69. The standard InChI is InChI=1S/C12H17ClN2O/c1-3-15(12(16)10(2)8-13)9-11-6-4-5-7-14-11/h4-7,10H,3,8-9H2,1-2H3. The third-order valence-corrected chi connectivity index (χ3v) is 2.89. The number of amides is 1. The second-order valence-corrected chi connectivity index (χ2v) is 4.04. The van der Waals surface area contributed by atoms with Crippen molar-refractivity contribution in [2.45, 2.75) is 20.4 Å². The van der Waals surface area contributed by atoms with Crippen LogP contribution < -0.4 is 0 Å². The molecule has 0 radical (unpaired) electrons. The van der Waals surface area contributed by atoms with E-state index in [2.05, 4.69) is 4.98 Å². The first kappa shape index (κ1) is 13.0. The maximum Gasteiger partial charge on any atom is 0.226 e. The molecule has 88 valence electrons. The Labute approximate surface area is 101 Å². The van der Waals surface area contributed by atoms with Crippen LogP contribution in [-0.4, -0.2) is 28.2 Å². The summed E-state index contributed by atoms with van der Waals surface area (Å²) in [4.78, 5) is 17.9. The molecule has 0 aliphatic carbocycles. The van der Waals surface area contributed by atoms with Crippen molar-refractivity contribution >= 4 is 17.5 Å². The SMILES string of the molecule is CCN(Cc1ccccn1)C(=O)C(C)CCl. The Kier molecular flexibility index (Phi) is 5.26. The lowest BCUT2D eigenvalue weighted by atomic mass is 10.2. The van der Waals surface area contributed by atoms with Crippen LogP contribution in [0.2, 0.25) is 0 Å². The van der Waals surface area contributed by atoms with E-state index < -0.39 is 0 Å². The van der Waals surface area contributed by atoms with Crippen LogP contribution in [0.25, 0.3) is 0 Å². The van der Waals surface area contributed by atoms with E-state index in [4.69, 9.17) is 11.6 Å². The number of hydrogen-bond acceptors (Lipinski definition) is 2. The van der Waals surface area contributed by atoms with E-state index in [1.54, 1.807) is 11.1 Å². The zero-order valence-corrected chi connectivity index (χ0v) is 10.4. The van der Waals surface area contributed by atoms with E-state index in [9.17, 15) is 4.79 Å². The maximum absolute atomic E-state index is 11.9. The largest absolute Gasteiger partial charge is 0.337 e. The minimum Gasteiger partial charge on any atom is -0.337 e. The van der Waals surface area contributed by atoms with Crippen LogP contribution >= 0.6 is 11.6 Å². The van der Waals surface area contributed by atoms with Gasteiger partial charge in [0.2, 0.25) is 5.91 Å². The number of rotatable bonds is 5. The van der Waals surface area contributed by atoms with Gasteiger partial charge in [0, 0.05) is 24.5 Å². The summed E-state index contributed by atoms with van der Waals surface area (Å²) in [6.45, 7) is 5.03. The van der Waals surface area contributed by atoms with E-state index in [1.165, 1.54) is 0 Å². The molecular formula is C12H17ClN2O. The fourth-order valence-electron chi connectivity index (χ4n) is 1.41. The van der Waals surface area contributed by atoms with Crippen molar-refractivity contribution in [3.8, 4) is 0 Å². The van der Waals surface area contributed by atoms with E-state index >= 15 is 0 Å². The smallest absolute Gasteiger partial charge is 0.226 e. The topological polar surface area (TPSA) is 33.2 Å². The third-order valence-electron chi connectivity index (χ3n) is 2.43. The van der Waals surface area contributed by atoms with E-state index in [-0.39, 0.29) is 11.8 Å². The highest BCUT2D eigenvalue weighted by Gasteiger charge is 2.18. The number of hydrogen-bond donors (Lipinski definition) is 0. The summed E-state index contributed by atoms with van der Waals surface area (Å²) in [5.41, 5.74) is 0.902. The van der Waals surface area contributed by atoms with Crippen LogP contribution in [0, 0.1) is 5.92 Å². The van der Waals surface area contributed by atoms with Gasteiger partial charge in [0.15, 0.2) is 0 Å². The Bertz CT molecular complexity index is 329. The van der Waals surface area contributed by atoms with Crippen molar-refractivity contribution in [2.75, 3.05) is 12.4 Å². The summed E-state index contributed by atoms with van der Waals surface area (Å²) in [6, 6.07) is 5.70. The Balaban J connectivity index is 2.66. The van der Waals surface area contributed by atoms with E-state index in [0.29, 0.717) is 19.0 Å². The highest BCUT2D eigenvalue weighted by atomic mass is 35.5. The molecule has 0 aliphatic rings.